The standard InChI is InChI=1S/C10H17N5O2/c1-15-7-12-9(14-15)2-4-11-10(16)13-8-3-5-17-6-8/h7-8H,2-6H2,1H3,(H2,11,13,16). The van der Waals surface area contributed by atoms with Gasteiger partial charge in [-0.25, -0.2) is 9.78 Å². The molecule has 0 aliphatic carbocycles. The Morgan fingerprint density at radius 3 is 3.24 bits per heavy atom. The second-order valence-corrected chi connectivity index (χ2v) is 4.05. The third-order valence-electron chi connectivity index (χ3n) is 2.55. The van der Waals surface area contributed by atoms with Crippen LogP contribution in [-0.4, -0.2) is 46.6 Å². The maximum Gasteiger partial charge on any atom is 0.315 e. The minimum Gasteiger partial charge on any atom is -0.379 e. The van der Waals surface area contributed by atoms with Gasteiger partial charge in [-0.15, -0.1) is 0 Å². The lowest BCUT2D eigenvalue weighted by atomic mass is 10.3. The summed E-state index contributed by atoms with van der Waals surface area (Å²) in [6, 6.07) is -0.0144. The molecular weight excluding hydrogens is 222 g/mol. The Balaban J connectivity index is 1.62. The fraction of sp³-hybridized carbons (Fsp3) is 0.700. The number of carbonyl (C=O) groups excluding carboxylic acids is 1. The average Bonchev–Trinajstić information content (AvgIpc) is 2.90. The molecule has 1 saturated heterocycles. The Hall–Kier alpha value is -1.63. The predicted molar refractivity (Wildman–Crippen MR) is 60.5 cm³/mol. The minimum absolute atomic E-state index is 0.142. The van der Waals surface area contributed by atoms with Gasteiger partial charge in [0.25, 0.3) is 0 Å². The Morgan fingerprint density at radius 2 is 2.59 bits per heavy atom. The summed E-state index contributed by atoms with van der Waals surface area (Å²) in [4.78, 5) is 15.5. The van der Waals surface area contributed by atoms with Crippen molar-refractivity contribution in [2.24, 2.45) is 7.05 Å². The molecule has 0 radical (unpaired) electrons. The summed E-state index contributed by atoms with van der Waals surface area (Å²) in [5.41, 5.74) is 0. The first-order valence-electron chi connectivity index (χ1n) is 5.70. The summed E-state index contributed by atoms with van der Waals surface area (Å²) < 4.78 is 6.81. The molecule has 1 aliphatic rings. The molecule has 2 rings (SSSR count). The first-order chi connectivity index (χ1) is 8.24. The number of amides is 2. The molecule has 0 aromatic carbocycles. The van der Waals surface area contributed by atoms with Crippen LogP contribution in [0.15, 0.2) is 6.33 Å². The highest BCUT2D eigenvalue weighted by Crippen LogP contribution is 2.02. The van der Waals surface area contributed by atoms with E-state index < -0.39 is 0 Å². The average molecular weight is 239 g/mol. The fourth-order valence-electron chi connectivity index (χ4n) is 1.67. The zero-order valence-electron chi connectivity index (χ0n) is 9.85. The largest absolute Gasteiger partial charge is 0.379 e. The number of hydrogen-bond donors (Lipinski definition) is 2. The van der Waals surface area contributed by atoms with Gasteiger partial charge in [-0.3, -0.25) is 4.68 Å². The second-order valence-electron chi connectivity index (χ2n) is 4.05. The van der Waals surface area contributed by atoms with Crippen LogP contribution in [0.2, 0.25) is 0 Å². The van der Waals surface area contributed by atoms with Crippen LogP contribution in [0.25, 0.3) is 0 Å². The normalized spacial score (nSPS) is 19.2. The van der Waals surface area contributed by atoms with E-state index in [0.29, 0.717) is 19.6 Å². The van der Waals surface area contributed by atoms with E-state index in [4.69, 9.17) is 4.74 Å². The second kappa shape index (κ2) is 5.62. The molecule has 0 spiro atoms. The topological polar surface area (TPSA) is 81.1 Å². The lowest BCUT2D eigenvalue weighted by Gasteiger charge is -2.11. The van der Waals surface area contributed by atoms with Crippen LogP contribution in [0.3, 0.4) is 0 Å². The molecule has 1 fully saturated rings. The van der Waals surface area contributed by atoms with Crippen molar-refractivity contribution in [2.45, 2.75) is 18.9 Å². The molecule has 1 aliphatic heterocycles. The van der Waals surface area contributed by atoms with Gasteiger partial charge in [-0.1, -0.05) is 0 Å². The SMILES string of the molecule is Cn1cnc(CCNC(=O)NC2CCOC2)n1. The van der Waals surface area contributed by atoms with E-state index in [-0.39, 0.29) is 12.1 Å². The molecule has 0 saturated carbocycles. The number of nitrogens with zero attached hydrogens (tertiary/aromatic N) is 3. The van der Waals surface area contributed by atoms with E-state index in [1.165, 1.54) is 0 Å². The number of hydrogen-bond acceptors (Lipinski definition) is 4. The molecule has 1 aromatic rings. The Kier molecular flexibility index (Phi) is 3.92. The Labute approximate surface area is 99.5 Å². The highest BCUT2D eigenvalue weighted by atomic mass is 16.5. The van der Waals surface area contributed by atoms with Gasteiger partial charge >= 0.3 is 6.03 Å². The smallest absolute Gasteiger partial charge is 0.315 e. The number of aryl methyl sites for hydroxylation is 1. The zero-order valence-corrected chi connectivity index (χ0v) is 9.85. The van der Waals surface area contributed by atoms with Crippen LogP contribution >= 0.6 is 0 Å². The van der Waals surface area contributed by atoms with E-state index in [1.54, 1.807) is 11.0 Å². The third kappa shape index (κ3) is 3.70. The van der Waals surface area contributed by atoms with Crippen molar-refractivity contribution in [3.8, 4) is 0 Å². The van der Waals surface area contributed by atoms with Gasteiger partial charge in [-0.05, 0) is 6.42 Å². The van der Waals surface area contributed by atoms with Gasteiger partial charge in [0.2, 0.25) is 0 Å². The van der Waals surface area contributed by atoms with Crippen molar-refractivity contribution in [1.29, 1.82) is 0 Å². The maximum absolute atomic E-state index is 11.5. The molecule has 2 N–H and O–H groups in total. The summed E-state index contributed by atoms with van der Waals surface area (Å²) in [5.74, 6) is 0.733. The molecule has 17 heavy (non-hydrogen) atoms. The van der Waals surface area contributed by atoms with E-state index in [1.807, 2.05) is 7.05 Å². The predicted octanol–water partition coefficient (Wildman–Crippen LogP) is -0.554. The van der Waals surface area contributed by atoms with E-state index >= 15 is 0 Å². The molecule has 2 amide bonds. The fourth-order valence-corrected chi connectivity index (χ4v) is 1.67. The van der Waals surface area contributed by atoms with Crippen molar-refractivity contribution in [2.75, 3.05) is 19.8 Å². The molecule has 7 nitrogen and oxygen atoms in total. The zero-order chi connectivity index (χ0) is 12.1. The Morgan fingerprint density at radius 1 is 1.71 bits per heavy atom. The van der Waals surface area contributed by atoms with Crippen molar-refractivity contribution < 1.29 is 9.53 Å². The number of rotatable bonds is 4. The maximum atomic E-state index is 11.5. The lowest BCUT2D eigenvalue weighted by Crippen LogP contribution is -2.43. The molecule has 1 aromatic heterocycles. The number of nitrogens with one attached hydrogen (secondary N) is 2. The molecule has 2 heterocycles. The van der Waals surface area contributed by atoms with E-state index in [9.17, 15) is 4.79 Å². The molecule has 0 bridgehead atoms. The van der Waals surface area contributed by atoms with Crippen molar-refractivity contribution >= 4 is 6.03 Å². The highest BCUT2D eigenvalue weighted by Gasteiger charge is 2.17. The van der Waals surface area contributed by atoms with Crippen LogP contribution in [0.1, 0.15) is 12.2 Å². The van der Waals surface area contributed by atoms with Crippen LogP contribution in [0, 0.1) is 0 Å². The van der Waals surface area contributed by atoms with Crippen LogP contribution < -0.4 is 10.6 Å². The first kappa shape index (κ1) is 11.8. The first-order valence-corrected chi connectivity index (χ1v) is 5.70. The minimum atomic E-state index is -0.156. The summed E-state index contributed by atoms with van der Waals surface area (Å²) in [6.07, 6.45) is 3.16. The van der Waals surface area contributed by atoms with Crippen LogP contribution in [0.4, 0.5) is 4.79 Å². The third-order valence-corrected chi connectivity index (χ3v) is 2.55. The highest BCUT2D eigenvalue weighted by molar-refractivity contribution is 5.74. The number of carbonyl (C=O) groups is 1. The number of ether oxygens (including phenoxy) is 1. The molecule has 1 unspecified atom stereocenters. The molecule has 7 heteroatoms. The quantitative estimate of drug-likeness (QED) is 0.738. The van der Waals surface area contributed by atoms with Crippen LogP contribution in [0.5, 0.6) is 0 Å². The van der Waals surface area contributed by atoms with Crippen molar-refractivity contribution in [3.05, 3.63) is 12.2 Å². The van der Waals surface area contributed by atoms with E-state index in [0.717, 1.165) is 18.9 Å². The Bertz CT molecular complexity index is 373. The molecule has 94 valence electrons. The monoisotopic (exact) mass is 239 g/mol. The van der Waals surface area contributed by atoms with Gasteiger partial charge in [0.15, 0.2) is 5.82 Å². The van der Waals surface area contributed by atoms with Crippen molar-refractivity contribution in [3.63, 3.8) is 0 Å². The molecular formula is C10H17N5O2. The van der Waals surface area contributed by atoms with Gasteiger partial charge in [0, 0.05) is 26.6 Å². The summed E-state index contributed by atoms with van der Waals surface area (Å²) in [6.45, 7) is 1.86. The molecule has 1 atom stereocenters. The van der Waals surface area contributed by atoms with Gasteiger partial charge in [0.05, 0.1) is 12.6 Å². The summed E-state index contributed by atoms with van der Waals surface area (Å²) in [5, 5.41) is 9.75. The van der Waals surface area contributed by atoms with Crippen LogP contribution in [-0.2, 0) is 18.2 Å². The van der Waals surface area contributed by atoms with E-state index in [2.05, 4.69) is 20.7 Å². The van der Waals surface area contributed by atoms with Gasteiger partial charge in [-0.2, -0.15) is 5.10 Å². The summed E-state index contributed by atoms with van der Waals surface area (Å²) >= 11 is 0. The van der Waals surface area contributed by atoms with Gasteiger partial charge < -0.3 is 15.4 Å². The summed E-state index contributed by atoms with van der Waals surface area (Å²) in [7, 11) is 1.82. The van der Waals surface area contributed by atoms with Gasteiger partial charge in [0.1, 0.15) is 6.33 Å². The number of aromatic nitrogens is 3. The lowest BCUT2D eigenvalue weighted by molar-refractivity contribution is 0.188. The van der Waals surface area contributed by atoms with Crippen molar-refractivity contribution in [1.82, 2.24) is 25.4 Å². The number of urea groups is 1.